The molecular weight excluding hydrogens is 1020 g/mol. The van der Waals surface area contributed by atoms with Crippen LogP contribution in [-0.2, 0) is 31.8 Å². The number of hydrogen-bond donors (Lipinski definition) is 8. The quantitative estimate of drug-likeness (QED) is 0.0236. The van der Waals surface area contributed by atoms with E-state index in [0.29, 0.717) is 128 Å². The molecule has 80 heavy (non-hydrogen) atoms. The molecule has 8 amide bonds. The maximum atomic E-state index is 12.6. The molecule has 20 nitrogen and oxygen atoms in total. The Hall–Kier alpha value is -6.68. The summed E-state index contributed by atoms with van der Waals surface area (Å²) in [6.07, 6.45) is 10.7. The van der Waals surface area contributed by atoms with Crippen LogP contribution >= 0.6 is 0 Å². The molecular formula is C60H84N10O10. The zero-order valence-corrected chi connectivity index (χ0v) is 46.3. The van der Waals surface area contributed by atoms with Crippen molar-refractivity contribution in [2.24, 2.45) is 0 Å². The number of nitrogens with one attached hydrogen (secondary N) is 8. The van der Waals surface area contributed by atoms with Crippen LogP contribution in [0.3, 0.4) is 0 Å². The van der Waals surface area contributed by atoms with Crippen molar-refractivity contribution in [3.8, 4) is 11.5 Å². The molecule has 2 heterocycles. The van der Waals surface area contributed by atoms with Gasteiger partial charge in [0.25, 0.3) is 0 Å². The number of hydrogen-bond acceptors (Lipinski definition) is 12. The van der Waals surface area contributed by atoms with Gasteiger partial charge in [-0.25, -0.2) is 19.2 Å². The number of benzene rings is 4. The largest absolute Gasteiger partial charge is 0.484 e. The summed E-state index contributed by atoms with van der Waals surface area (Å²) < 4.78 is 35.6. The van der Waals surface area contributed by atoms with Crippen molar-refractivity contribution >= 4 is 35.5 Å². The lowest BCUT2D eigenvalue weighted by molar-refractivity contribution is 0.0511. The van der Waals surface area contributed by atoms with Gasteiger partial charge < -0.3 is 71.0 Å². The fourth-order valence-electron chi connectivity index (χ4n) is 10.8. The highest BCUT2D eigenvalue weighted by Gasteiger charge is 2.39. The number of rotatable bonds is 31. The summed E-state index contributed by atoms with van der Waals surface area (Å²) in [5.74, 6) is 1.44. The van der Waals surface area contributed by atoms with E-state index in [1.165, 1.54) is 60.8 Å². The molecule has 0 spiro atoms. The molecule has 4 aromatic rings. The van der Waals surface area contributed by atoms with Gasteiger partial charge in [0, 0.05) is 62.8 Å². The van der Waals surface area contributed by atoms with Crippen molar-refractivity contribution in [2.75, 3.05) is 129 Å². The summed E-state index contributed by atoms with van der Waals surface area (Å²) >= 11 is 0. The molecule has 2 aliphatic carbocycles. The normalized spacial score (nSPS) is 18.8. The monoisotopic (exact) mass is 1100 g/mol. The Bertz CT molecular complexity index is 2360. The standard InChI is InChI=1S/C60H84N10O10/c71-57(63-25-33-75-37-39-77-35-27-65-59(73)67-47-17-13-19-49(43-47)79-55-51-21-5-3-15-45(51)41-53(55)69-29-9-1-10-30-69)61-23-7-8-24-62-58(72)64-26-34-76-38-40-78-36-28-66-60(74)68-48-18-14-20-50(44-48)80-56-52-22-6-4-16-46(52)42-54(56)70-31-11-2-12-32-70/h3-6,13-22,43-44,53-56H,1-2,7-12,23-42H2,(H2,61,63,71)(H2,62,64,72)(H2,65,67,73)(H2,66,68,74)/t53?,54?,55-,56-/m0/s1. The number of amides is 8. The summed E-state index contributed by atoms with van der Waals surface area (Å²) in [5.41, 5.74) is 6.47. The second-order valence-electron chi connectivity index (χ2n) is 20.6. The van der Waals surface area contributed by atoms with Crippen LogP contribution < -0.4 is 52.0 Å². The highest BCUT2D eigenvalue weighted by molar-refractivity contribution is 5.90. The third kappa shape index (κ3) is 19.5. The predicted molar refractivity (Wildman–Crippen MR) is 308 cm³/mol. The van der Waals surface area contributed by atoms with E-state index in [0.717, 1.165) is 50.5 Å². The van der Waals surface area contributed by atoms with Crippen molar-refractivity contribution in [3.05, 3.63) is 119 Å². The molecule has 0 radical (unpaired) electrons. The number of piperidine rings is 2. The SMILES string of the molecule is O=C(NCCCCNC(=O)NCCOCCOCCNC(=O)Nc1cccc(O[C@H]2c3ccccc3CC2N2CCCCC2)c1)NCCOCCOCCNC(=O)Nc1cccc(O[C@H]2c3ccccc3CC2N2CCCCC2)c1. The minimum Gasteiger partial charge on any atom is -0.484 e. The summed E-state index contributed by atoms with van der Waals surface area (Å²) in [4.78, 5) is 54.7. The van der Waals surface area contributed by atoms with Crippen molar-refractivity contribution in [2.45, 2.75) is 88.5 Å². The number of nitrogens with zero attached hydrogens (tertiary/aromatic N) is 2. The second kappa shape index (κ2) is 33.2. The van der Waals surface area contributed by atoms with E-state index in [2.05, 4.69) is 101 Å². The van der Waals surface area contributed by atoms with E-state index in [4.69, 9.17) is 28.4 Å². The molecule has 0 aromatic heterocycles. The molecule has 4 atom stereocenters. The number of carbonyl (C=O) groups excluding carboxylic acids is 4. The van der Waals surface area contributed by atoms with E-state index < -0.39 is 0 Å². The lowest BCUT2D eigenvalue weighted by Gasteiger charge is -2.35. The maximum Gasteiger partial charge on any atom is 0.319 e. The summed E-state index contributed by atoms with van der Waals surface area (Å²) in [6, 6.07) is 31.6. The van der Waals surface area contributed by atoms with Crippen molar-refractivity contribution in [3.63, 3.8) is 0 Å². The molecule has 20 heteroatoms. The number of fused-ring (bicyclic) bond motifs is 2. The Morgan fingerprint density at radius 2 is 0.762 bits per heavy atom. The Balaban J connectivity index is 0.553. The molecule has 434 valence electrons. The first kappa shape index (κ1) is 59.4. The van der Waals surface area contributed by atoms with Gasteiger partial charge in [0.05, 0.1) is 64.9 Å². The highest BCUT2D eigenvalue weighted by atomic mass is 16.5. The molecule has 2 saturated heterocycles. The van der Waals surface area contributed by atoms with Crippen LogP contribution in [0.2, 0.25) is 0 Å². The smallest absolute Gasteiger partial charge is 0.319 e. The van der Waals surface area contributed by atoms with E-state index in [-0.39, 0.29) is 36.3 Å². The lowest BCUT2D eigenvalue weighted by atomic mass is 10.0. The molecule has 2 fully saturated rings. The number of urea groups is 4. The highest BCUT2D eigenvalue weighted by Crippen LogP contribution is 2.41. The van der Waals surface area contributed by atoms with Crippen LogP contribution in [0.1, 0.15) is 85.8 Å². The predicted octanol–water partition coefficient (Wildman–Crippen LogP) is 7.14. The average Bonchev–Trinajstić information content (AvgIpc) is 4.06. The van der Waals surface area contributed by atoms with Crippen LogP contribution in [0.5, 0.6) is 11.5 Å². The lowest BCUT2D eigenvalue weighted by Crippen LogP contribution is -2.43. The third-order valence-corrected chi connectivity index (χ3v) is 14.8. The van der Waals surface area contributed by atoms with Gasteiger partial charge in [0.15, 0.2) is 0 Å². The Morgan fingerprint density at radius 1 is 0.400 bits per heavy atom. The number of unbranched alkanes of at least 4 members (excludes halogenated alkanes) is 1. The van der Waals surface area contributed by atoms with Crippen molar-refractivity contribution < 1.29 is 47.6 Å². The van der Waals surface area contributed by atoms with Gasteiger partial charge in [-0.3, -0.25) is 9.80 Å². The van der Waals surface area contributed by atoms with Gasteiger partial charge >= 0.3 is 24.1 Å². The van der Waals surface area contributed by atoms with E-state index in [1.54, 1.807) is 0 Å². The van der Waals surface area contributed by atoms with Gasteiger partial charge in [0.1, 0.15) is 23.7 Å². The van der Waals surface area contributed by atoms with Gasteiger partial charge in [-0.1, -0.05) is 73.5 Å². The van der Waals surface area contributed by atoms with Crippen LogP contribution in [-0.4, -0.2) is 164 Å². The third-order valence-electron chi connectivity index (χ3n) is 14.8. The number of anilines is 2. The first-order valence-corrected chi connectivity index (χ1v) is 29.0. The van der Waals surface area contributed by atoms with Crippen molar-refractivity contribution in [1.82, 2.24) is 41.7 Å². The molecule has 4 aliphatic rings. The number of carbonyl (C=O) groups is 4. The second-order valence-corrected chi connectivity index (χ2v) is 20.6. The Morgan fingerprint density at radius 3 is 1.16 bits per heavy atom. The van der Waals surface area contributed by atoms with Crippen molar-refractivity contribution in [1.29, 1.82) is 0 Å². The molecule has 8 N–H and O–H groups in total. The molecule has 2 unspecified atom stereocenters. The van der Waals surface area contributed by atoms with Gasteiger partial charge in [-0.15, -0.1) is 0 Å². The summed E-state index contributed by atoms with van der Waals surface area (Å²) in [5, 5.41) is 22.5. The topological polar surface area (TPSA) is 226 Å². The molecule has 4 aromatic carbocycles. The van der Waals surface area contributed by atoms with Crippen LogP contribution in [0.25, 0.3) is 0 Å². The van der Waals surface area contributed by atoms with Gasteiger partial charge in [-0.05, 0) is 124 Å². The summed E-state index contributed by atoms with van der Waals surface area (Å²) in [6.45, 7) is 9.35. The summed E-state index contributed by atoms with van der Waals surface area (Å²) in [7, 11) is 0. The number of ether oxygens (including phenoxy) is 6. The molecule has 0 saturated carbocycles. The Kier molecular flexibility index (Phi) is 24.6. The minimum absolute atomic E-state index is 0.0613. The van der Waals surface area contributed by atoms with Crippen LogP contribution in [0.4, 0.5) is 30.6 Å². The first-order chi connectivity index (χ1) is 39.4. The molecule has 8 rings (SSSR count). The zero-order chi connectivity index (χ0) is 55.4. The maximum absolute atomic E-state index is 12.6. The zero-order valence-electron chi connectivity index (χ0n) is 46.3. The van der Waals surface area contributed by atoms with E-state index >= 15 is 0 Å². The van der Waals surface area contributed by atoms with E-state index in [9.17, 15) is 19.2 Å². The van der Waals surface area contributed by atoms with E-state index in [1.807, 2.05) is 48.5 Å². The van der Waals surface area contributed by atoms with Gasteiger partial charge in [0.2, 0.25) is 0 Å². The minimum atomic E-state index is -0.329. The molecule has 2 aliphatic heterocycles. The fraction of sp³-hybridized carbons (Fsp3) is 0.533. The first-order valence-electron chi connectivity index (χ1n) is 29.0. The van der Waals surface area contributed by atoms with Crippen LogP contribution in [0, 0.1) is 0 Å². The number of likely N-dealkylation sites (tertiary alicyclic amines) is 2. The Labute approximate surface area is 471 Å². The fourth-order valence-corrected chi connectivity index (χ4v) is 10.8. The average molecular weight is 1110 g/mol. The van der Waals surface area contributed by atoms with Gasteiger partial charge in [-0.2, -0.15) is 0 Å². The van der Waals surface area contributed by atoms with Crippen LogP contribution in [0.15, 0.2) is 97.1 Å². The molecule has 0 bridgehead atoms.